The highest BCUT2D eigenvalue weighted by Crippen LogP contribution is 2.28. The van der Waals surface area contributed by atoms with E-state index in [2.05, 4.69) is 20.9 Å². The molecule has 166 valence electrons. The summed E-state index contributed by atoms with van der Waals surface area (Å²) in [7, 11) is 0. The highest BCUT2D eigenvalue weighted by atomic mass is 16.5. The molecule has 9 heteroatoms. The number of nitrogens with one attached hydrogen (secondary N) is 3. The van der Waals surface area contributed by atoms with Crippen molar-refractivity contribution in [2.24, 2.45) is 0 Å². The molecule has 2 unspecified atom stereocenters. The largest absolute Gasteiger partial charge is 0.378 e. The number of morpholine rings is 1. The maximum atomic E-state index is 13.0. The third-order valence-corrected chi connectivity index (χ3v) is 6.94. The fourth-order valence-corrected chi connectivity index (χ4v) is 5.19. The van der Waals surface area contributed by atoms with Gasteiger partial charge in [0.1, 0.15) is 6.04 Å². The van der Waals surface area contributed by atoms with E-state index in [1.807, 2.05) is 18.2 Å². The van der Waals surface area contributed by atoms with Crippen molar-refractivity contribution in [1.82, 2.24) is 25.8 Å². The Hall–Kier alpha value is -2.33. The van der Waals surface area contributed by atoms with Crippen molar-refractivity contribution >= 4 is 17.7 Å². The molecule has 4 aliphatic rings. The summed E-state index contributed by atoms with van der Waals surface area (Å²) in [6.45, 7) is 7.32. The van der Waals surface area contributed by atoms with Crippen molar-refractivity contribution in [1.29, 1.82) is 0 Å². The number of carbonyl (C=O) groups is 3. The second-order valence-corrected chi connectivity index (χ2v) is 8.94. The van der Waals surface area contributed by atoms with Gasteiger partial charge in [0.25, 0.3) is 5.91 Å². The van der Waals surface area contributed by atoms with Crippen molar-refractivity contribution < 1.29 is 19.1 Å². The van der Waals surface area contributed by atoms with Crippen molar-refractivity contribution in [3.63, 3.8) is 0 Å². The monoisotopic (exact) mass is 427 g/mol. The summed E-state index contributed by atoms with van der Waals surface area (Å²) in [4.78, 5) is 40.7. The molecule has 3 N–H and O–H groups in total. The smallest absolute Gasteiger partial charge is 0.255 e. The number of hydrogen-bond donors (Lipinski definition) is 3. The van der Waals surface area contributed by atoms with Gasteiger partial charge in [-0.25, -0.2) is 0 Å². The summed E-state index contributed by atoms with van der Waals surface area (Å²) in [5.74, 6) is -0.777. The van der Waals surface area contributed by atoms with Crippen LogP contribution in [0.25, 0.3) is 0 Å². The zero-order valence-corrected chi connectivity index (χ0v) is 17.6. The van der Waals surface area contributed by atoms with Gasteiger partial charge in [-0.3, -0.25) is 24.6 Å². The lowest BCUT2D eigenvalue weighted by Gasteiger charge is -2.50. The Morgan fingerprint density at radius 1 is 1.23 bits per heavy atom. The van der Waals surface area contributed by atoms with E-state index < -0.39 is 6.04 Å². The second-order valence-electron chi connectivity index (χ2n) is 8.94. The maximum Gasteiger partial charge on any atom is 0.255 e. The van der Waals surface area contributed by atoms with Gasteiger partial charge in [-0.15, -0.1) is 0 Å². The number of hydrogen-bond acceptors (Lipinski definition) is 7. The molecule has 9 nitrogen and oxygen atoms in total. The number of carbonyl (C=O) groups excluding carboxylic acids is 3. The van der Waals surface area contributed by atoms with Crippen LogP contribution in [0.5, 0.6) is 0 Å². The van der Waals surface area contributed by atoms with Crippen molar-refractivity contribution in [3.05, 3.63) is 34.9 Å². The molecule has 1 aromatic rings. The molecule has 3 amide bonds. The molecule has 31 heavy (non-hydrogen) atoms. The molecular formula is C22H29N5O4. The molecular weight excluding hydrogens is 398 g/mol. The van der Waals surface area contributed by atoms with E-state index in [0.29, 0.717) is 25.1 Å². The zero-order chi connectivity index (χ0) is 21.4. The van der Waals surface area contributed by atoms with Crippen LogP contribution in [0, 0.1) is 0 Å². The van der Waals surface area contributed by atoms with Crippen LogP contribution in [0.1, 0.15) is 34.3 Å². The van der Waals surface area contributed by atoms with Crippen molar-refractivity contribution in [3.8, 4) is 0 Å². The summed E-state index contributed by atoms with van der Waals surface area (Å²) < 4.78 is 5.78. The van der Waals surface area contributed by atoms with E-state index in [9.17, 15) is 14.4 Å². The number of piperidine rings is 1. The first-order valence-electron chi connectivity index (χ1n) is 11.1. The first-order chi connectivity index (χ1) is 15.1. The quantitative estimate of drug-likeness (QED) is 0.530. The van der Waals surface area contributed by atoms with Crippen LogP contribution >= 0.6 is 0 Å². The normalized spacial score (nSPS) is 29.0. The number of fused-ring (bicyclic) bond motifs is 2. The van der Waals surface area contributed by atoms with Crippen molar-refractivity contribution in [2.75, 3.05) is 45.9 Å². The van der Waals surface area contributed by atoms with Gasteiger partial charge in [0, 0.05) is 57.8 Å². The number of benzene rings is 1. The lowest BCUT2D eigenvalue weighted by molar-refractivity contribution is -0.136. The van der Waals surface area contributed by atoms with E-state index in [1.165, 1.54) is 0 Å². The van der Waals surface area contributed by atoms with E-state index >= 15 is 0 Å². The lowest BCUT2D eigenvalue weighted by atomic mass is 9.94. The van der Waals surface area contributed by atoms with Crippen LogP contribution in [0.2, 0.25) is 0 Å². The summed E-state index contributed by atoms with van der Waals surface area (Å²) in [6, 6.07) is 5.38. The summed E-state index contributed by atoms with van der Waals surface area (Å²) in [6.07, 6.45) is 0.649. The van der Waals surface area contributed by atoms with Crippen LogP contribution in [-0.4, -0.2) is 85.0 Å². The fourth-order valence-electron chi connectivity index (χ4n) is 5.19. The zero-order valence-electron chi connectivity index (χ0n) is 17.6. The molecule has 3 saturated heterocycles. The standard InChI is InChI=1S/C22H29N5O4/c28-19-4-3-18(20(29)25-19)27-11-16-2-1-15(9-17(16)21(27)30)10-24-13-22-12-23-5-6-26(22)7-8-31-14-22/h1-2,9,18,23-24H,3-8,10-14H2,(H,25,28,29). The number of amides is 3. The minimum atomic E-state index is -0.575. The third-order valence-electron chi connectivity index (χ3n) is 6.94. The van der Waals surface area contributed by atoms with Crippen LogP contribution in [0.3, 0.4) is 0 Å². The van der Waals surface area contributed by atoms with Gasteiger partial charge in [0.2, 0.25) is 11.8 Å². The van der Waals surface area contributed by atoms with Gasteiger partial charge in [-0.05, 0) is 23.6 Å². The van der Waals surface area contributed by atoms with Crippen LogP contribution in [0.15, 0.2) is 18.2 Å². The highest BCUT2D eigenvalue weighted by molar-refractivity contribution is 6.05. The van der Waals surface area contributed by atoms with Crippen molar-refractivity contribution in [2.45, 2.75) is 37.5 Å². The summed E-state index contributed by atoms with van der Waals surface area (Å²) in [5.41, 5.74) is 2.61. The molecule has 0 bridgehead atoms. The van der Waals surface area contributed by atoms with Crippen LogP contribution in [0.4, 0.5) is 0 Å². The van der Waals surface area contributed by atoms with E-state index in [0.717, 1.165) is 57.1 Å². The highest BCUT2D eigenvalue weighted by Gasteiger charge is 2.41. The van der Waals surface area contributed by atoms with E-state index in [4.69, 9.17) is 4.74 Å². The van der Waals surface area contributed by atoms with Gasteiger partial charge >= 0.3 is 0 Å². The number of nitrogens with zero attached hydrogens (tertiary/aromatic N) is 2. The summed E-state index contributed by atoms with van der Waals surface area (Å²) >= 11 is 0. The topological polar surface area (TPSA) is 103 Å². The minimum absolute atomic E-state index is 0.0222. The average molecular weight is 428 g/mol. The SMILES string of the molecule is O=C1CCC(N2Cc3ccc(CNCC45CNCCN4CCOC5)cc3C2=O)C(=O)N1. The molecule has 5 rings (SSSR count). The predicted molar refractivity (Wildman–Crippen MR) is 112 cm³/mol. The van der Waals surface area contributed by atoms with E-state index in [1.54, 1.807) is 4.90 Å². The first kappa shape index (κ1) is 20.6. The van der Waals surface area contributed by atoms with E-state index in [-0.39, 0.29) is 29.7 Å². The summed E-state index contributed by atoms with van der Waals surface area (Å²) in [5, 5.41) is 9.40. The molecule has 0 spiro atoms. The van der Waals surface area contributed by atoms with Crippen LogP contribution < -0.4 is 16.0 Å². The number of rotatable bonds is 5. The average Bonchev–Trinajstić information content (AvgIpc) is 3.09. The van der Waals surface area contributed by atoms with Gasteiger partial charge < -0.3 is 20.3 Å². The molecule has 2 atom stereocenters. The fraction of sp³-hybridized carbons (Fsp3) is 0.591. The Labute approximate surface area is 181 Å². The van der Waals surface area contributed by atoms with Gasteiger partial charge in [0.05, 0.1) is 18.8 Å². The second kappa shape index (κ2) is 8.31. The van der Waals surface area contributed by atoms with Gasteiger partial charge in [-0.2, -0.15) is 0 Å². The first-order valence-corrected chi connectivity index (χ1v) is 11.1. The Morgan fingerprint density at radius 2 is 2.13 bits per heavy atom. The molecule has 3 fully saturated rings. The maximum absolute atomic E-state index is 13.0. The Bertz CT molecular complexity index is 892. The lowest BCUT2D eigenvalue weighted by Crippen LogP contribution is -2.69. The Balaban J connectivity index is 1.23. The van der Waals surface area contributed by atoms with Gasteiger partial charge in [-0.1, -0.05) is 12.1 Å². The van der Waals surface area contributed by atoms with Gasteiger partial charge in [0.15, 0.2) is 0 Å². The predicted octanol–water partition coefficient (Wildman–Crippen LogP) is -0.789. The molecule has 0 aromatic heterocycles. The molecule has 4 heterocycles. The molecule has 0 aliphatic carbocycles. The Morgan fingerprint density at radius 3 is 3.00 bits per heavy atom. The molecule has 0 radical (unpaired) electrons. The number of imide groups is 1. The number of piperazine rings is 1. The Kier molecular flexibility index (Phi) is 5.51. The molecule has 4 aliphatic heterocycles. The third kappa shape index (κ3) is 3.87. The van der Waals surface area contributed by atoms with Crippen LogP contribution in [-0.2, 0) is 27.4 Å². The number of ether oxygens (including phenoxy) is 1. The minimum Gasteiger partial charge on any atom is -0.378 e. The molecule has 0 saturated carbocycles. The molecule has 1 aromatic carbocycles.